The molecule has 1 atom stereocenters. The Morgan fingerprint density at radius 1 is 0.963 bits per heavy atom. The van der Waals surface area contributed by atoms with Crippen molar-refractivity contribution in [3.63, 3.8) is 0 Å². The molecule has 2 rings (SSSR count). The molecule has 0 aromatic heterocycles. The van der Waals surface area contributed by atoms with E-state index in [1.54, 1.807) is 0 Å². The summed E-state index contributed by atoms with van der Waals surface area (Å²) in [6, 6.07) is 10.00. The minimum absolute atomic E-state index is 0.00303. The minimum Gasteiger partial charge on any atom is -0.350 e. The second-order valence-corrected chi connectivity index (χ2v) is 8.40. The van der Waals surface area contributed by atoms with Gasteiger partial charge in [-0.15, -0.1) is 0 Å². The van der Waals surface area contributed by atoms with Gasteiger partial charge in [0, 0.05) is 18.6 Å². The first kappa shape index (κ1) is 21.4. The fourth-order valence-corrected chi connectivity index (χ4v) is 3.32. The van der Waals surface area contributed by atoms with E-state index in [1.807, 2.05) is 58.0 Å². The third kappa shape index (κ3) is 8.10. The van der Waals surface area contributed by atoms with Crippen molar-refractivity contribution in [2.24, 2.45) is 0 Å². The molecule has 6 nitrogen and oxygen atoms in total. The van der Waals surface area contributed by atoms with E-state index in [4.69, 9.17) is 0 Å². The molecule has 6 heteroatoms. The average molecular weight is 375 g/mol. The van der Waals surface area contributed by atoms with E-state index in [0.29, 0.717) is 13.1 Å². The number of carbonyl (C=O) groups is 2. The summed E-state index contributed by atoms with van der Waals surface area (Å²) >= 11 is 0. The lowest BCUT2D eigenvalue weighted by Crippen LogP contribution is -2.46. The molecule has 1 aromatic carbocycles. The molecule has 0 unspecified atom stereocenters. The Labute approximate surface area is 163 Å². The summed E-state index contributed by atoms with van der Waals surface area (Å²) in [7, 11) is 0. The number of carbonyl (C=O) groups excluding carboxylic acids is 2. The van der Waals surface area contributed by atoms with Crippen LogP contribution in [0.3, 0.4) is 0 Å². The van der Waals surface area contributed by atoms with E-state index in [-0.39, 0.29) is 23.4 Å². The fraction of sp³-hybridized carbons (Fsp3) is 0.619. The van der Waals surface area contributed by atoms with Crippen LogP contribution in [0.5, 0.6) is 0 Å². The molecule has 2 amide bonds. The van der Waals surface area contributed by atoms with Gasteiger partial charge in [0.2, 0.25) is 11.8 Å². The SMILES string of the molecule is C[C@@H](NC(=O)CN1CCCN(CC(=O)NC(C)(C)C)CC1)c1ccccc1. The summed E-state index contributed by atoms with van der Waals surface area (Å²) in [5.41, 5.74) is 0.903. The van der Waals surface area contributed by atoms with Crippen LogP contribution in [-0.4, -0.2) is 66.4 Å². The first-order valence-corrected chi connectivity index (χ1v) is 9.83. The molecule has 0 bridgehead atoms. The highest BCUT2D eigenvalue weighted by Crippen LogP contribution is 2.11. The van der Waals surface area contributed by atoms with Crippen LogP contribution >= 0.6 is 0 Å². The topological polar surface area (TPSA) is 64.7 Å². The Kier molecular flexibility index (Phi) is 7.80. The van der Waals surface area contributed by atoms with Gasteiger partial charge in [0.1, 0.15) is 0 Å². The van der Waals surface area contributed by atoms with Crippen LogP contribution in [-0.2, 0) is 9.59 Å². The van der Waals surface area contributed by atoms with Gasteiger partial charge in [0.15, 0.2) is 0 Å². The molecule has 1 saturated heterocycles. The summed E-state index contributed by atoms with van der Waals surface area (Å²) in [6.07, 6.45) is 0.963. The van der Waals surface area contributed by atoms with Crippen molar-refractivity contribution in [1.29, 1.82) is 0 Å². The first-order chi connectivity index (χ1) is 12.7. The zero-order valence-electron chi connectivity index (χ0n) is 17.1. The van der Waals surface area contributed by atoms with Crippen LogP contribution in [0.4, 0.5) is 0 Å². The molecular weight excluding hydrogens is 340 g/mol. The molecular formula is C21H34N4O2. The second kappa shape index (κ2) is 9.85. The number of nitrogens with one attached hydrogen (secondary N) is 2. The van der Waals surface area contributed by atoms with Crippen molar-refractivity contribution in [1.82, 2.24) is 20.4 Å². The van der Waals surface area contributed by atoms with Gasteiger partial charge in [-0.05, 0) is 52.8 Å². The summed E-state index contributed by atoms with van der Waals surface area (Å²) in [6.45, 7) is 12.2. The van der Waals surface area contributed by atoms with Gasteiger partial charge in [-0.2, -0.15) is 0 Å². The van der Waals surface area contributed by atoms with Gasteiger partial charge in [-0.3, -0.25) is 19.4 Å². The average Bonchev–Trinajstić information content (AvgIpc) is 2.79. The number of rotatable bonds is 6. The Hall–Kier alpha value is -1.92. The normalized spacial score (nSPS) is 17.8. The van der Waals surface area contributed by atoms with Crippen molar-refractivity contribution in [2.75, 3.05) is 39.3 Å². The van der Waals surface area contributed by atoms with Gasteiger partial charge in [0.05, 0.1) is 19.1 Å². The monoisotopic (exact) mass is 374 g/mol. The molecule has 150 valence electrons. The summed E-state index contributed by atoms with van der Waals surface area (Å²) in [5, 5.41) is 6.08. The molecule has 0 radical (unpaired) electrons. The highest BCUT2D eigenvalue weighted by atomic mass is 16.2. The maximum atomic E-state index is 12.4. The summed E-state index contributed by atoms with van der Waals surface area (Å²) in [5.74, 6) is 0.107. The standard InChI is InChI=1S/C21H34N4O2/c1-17(18-9-6-5-7-10-18)22-19(26)15-24-11-8-12-25(14-13-24)16-20(27)23-21(2,3)4/h5-7,9-10,17H,8,11-16H2,1-4H3,(H,22,26)(H,23,27)/t17-/m1/s1. The zero-order valence-corrected chi connectivity index (χ0v) is 17.1. The summed E-state index contributed by atoms with van der Waals surface area (Å²) < 4.78 is 0. The number of benzene rings is 1. The predicted molar refractivity (Wildman–Crippen MR) is 108 cm³/mol. The van der Waals surface area contributed by atoms with Crippen molar-refractivity contribution < 1.29 is 9.59 Å². The molecule has 1 fully saturated rings. The largest absolute Gasteiger partial charge is 0.350 e. The van der Waals surface area contributed by atoms with Gasteiger partial charge >= 0.3 is 0 Å². The van der Waals surface area contributed by atoms with E-state index in [1.165, 1.54) is 0 Å². The fourth-order valence-electron chi connectivity index (χ4n) is 3.32. The second-order valence-electron chi connectivity index (χ2n) is 8.40. The maximum absolute atomic E-state index is 12.4. The van der Waals surface area contributed by atoms with Gasteiger partial charge in [0.25, 0.3) is 0 Å². The quantitative estimate of drug-likeness (QED) is 0.797. The highest BCUT2D eigenvalue weighted by molar-refractivity contribution is 5.79. The van der Waals surface area contributed by atoms with E-state index in [0.717, 1.165) is 38.2 Å². The number of hydrogen-bond donors (Lipinski definition) is 2. The molecule has 0 saturated carbocycles. The third-order valence-corrected chi connectivity index (χ3v) is 4.61. The lowest BCUT2D eigenvalue weighted by Gasteiger charge is -2.25. The Balaban J connectivity index is 1.75. The smallest absolute Gasteiger partial charge is 0.234 e. The van der Waals surface area contributed by atoms with Crippen LogP contribution in [0.1, 0.15) is 45.7 Å². The minimum atomic E-state index is -0.206. The van der Waals surface area contributed by atoms with E-state index in [2.05, 4.69) is 20.4 Å². The predicted octanol–water partition coefficient (Wildman–Crippen LogP) is 1.79. The van der Waals surface area contributed by atoms with Crippen LogP contribution in [0.15, 0.2) is 30.3 Å². The van der Waals surface area contributed by atoms with E-state index < -0.39 is 0 Å². The molecule has 1 aliphatic heterocycles. The molecule has 2 N–H and O–H groups in total. The first-order valence-electron chi connectivity index (χ1n) is 9.83. The molecule has 1 heterocycles. The molecule has 1 aliphatic rings. The lowest BCUT2D eigenvalue weighted by atomic mass is 10.1. The van der Waals surface area contributed by atoms with Gasteiger partial charge in [-0.1, -0.05) is 30.3 Å². The highest BCUT2D eigenvalue weighted by Gasteiger charge is 2.21. The van der Waals surface area contributed by atoms with E-state index >= 15 is 0 Å². The van der Waals surface area contributed by atoms with Crippen molar-refractivity contribution in [2.45, 2.75) is 45.7 Å². The number of nitrogens with zero attached hydrogens (tertiary/aromatic N) is 2. The number of hydrogen-bond acceptors (Lipinski definition) is 4. The third-order valence-electron chi connectivity index (χ3n) is 4.61. The van der Waals surface area contributed by atoms with Crippen LogP contribution < -0.4 is 10.6 Å². The maximum Gasteiger partial charge on any atom is 0.234 e. The van der Waals surface area contributed by atoms with Gasteiger partial charge in [-0.25, -0.2) is 0 Å². The van der Waals surface area contributed by atoms with Gasteiger partial charge < -0.3 is 10.6 Å². The van der Waals surface area contributed by atoms with Crippen LogP contribution in [0.25, 0.3) is 0 Å². The Bertz CT molecular complexity index is 612. The lowest BCUT2D eigenvalue weighted by molar-refractivity contribution is -0.124. The van der Waals surface area contributed by atoms with E-state index in [9.17, 15) is 9.59 Å². The summed E-state index contributed by atoms with van der Waals surface area (Å²) in [4.78, 5) is 28.9. The molecule has 0 spiro atoms. The zero-order chi connectivity index (χ0) is 19.9. The van der Waals surface area contributed by atoms with Crippen molar-refractivity contribution in [3.8, 4) is 0 Å². The molecule has 27 heavy (non-hydrogen) atoms. The van der Waals surface area contributed by atoms with Crippen molar-refractivity contribution >= 4 is 11.8 Å². The molecule has 0 aliphatic carbocycles. The Morgan fingerprint density at radius 3 is 2.07 bits per heavy atom. The van der Waals surface area contributed by atoms with Crippen LogP contribution in [0, 0.1) is 0 Å². The molecule has 1 aromatic rings. The Morgan fingerprint density at radius 2 is 1.52 bits per heavy atom. The van der Waals surface area contributed by atoms with Crippen LogP contribution in [0.2, 0.25) is 0 Å². The number of amides is 2. The van der Waals surface area contributed by atoms with Crippen molar-refractivity contribution in [3.05, 3.63) is 35.9 Å².